The predicted octanol–water partition coefficient (Wildman–Crippen LogP) is 4.11. The summed E-state index contributed by atoms with van der Waals surface area (Å²) < 4.78 is 5.47. The summed E-state index contributed by atoms with van der Waals surface area (Å²) in [6.07, 6.45) is 9.46. The van der Waals surface area contributed by atoms with Crippen LogP contribution in [0.15, 0.2) is 6.20 Å². The zero-order valence-electron chi connectivity index (χ0n) is 12.8. The van der Waals surface area contributed by atoms with Gasteiger partial charge >= 0.3 is 0 Å². The van der Waals surface area contributed by atoms with E-state index in [-0.39, 0.29) is 5.41 Å². The maximum Gasteiger partial charge on any atom is 0.128 e. The Kier molecular flexibility index (Phi) is 4.65. The number of hydrogen-bond donors (Lipinski definition) is 0. The van der Waals surface area contributed by atoms with Crippen LogP contribution in [0.4, 0.5) is 0 Å². The van der Waals surface area contributed by atoms with Gasteiger partial charge in [0.05, 0.1) is 18.6 Å². The first-order valence-corrected chi connectivity index (χ1v) is 7.52. The molecule has 0 spiro atoms. The van der Waals surface area contributed by atoms with Gasteiger partial charge in [-0.05, 0) is 26.7 Å². The zero-order valence-corrected chi connectivity index (χ0v) is 12.8. The van der Waals surface area contributed by atoms with Crippen LogP contribution < -0.4 is 4.74 Å². The Balaban J connectivity index is 2.30. The fraction of sp³-hybridized carbons (Fsp3) is 0.647. The lowest BCUT2D eigenvalue weighted by molar-refractivity contribution is 0.333. The molecular weight excluding hydrogens is 248 g/mol. The van der Waals surface area contributed by atoms with Crippen molar-refractivity contribution in [3.05, 3.63) is 23.0 Å². The van der Waals surface area contributed by atoms with Crippen LogP contribution in [0.25, 0.3) is 0 Å². The molecule has 0 atom stereocenters. The van der Waals surface area contributed by atoms with E-state index in [1.54, 1.807) is 7.11 Å². The Hall–Kier alpha value is -1.56. The number of aromatic nitrogens is 1. The fourth-order valence-electron chi connectivity index (χ4n) is 3.30. The molecule has 0 saturated heterocycles. The third-order valence-electron chi connectivity index (χ3n) is 4.55. The van der Waals surface area contributed by atoms with Crippen LogP contribution in [0.2, 0.25) is 0 Å². The van der Waals surface area contributed by atoms with E-state index in [0.29, 0.717) is 0 Å². The van der Waals surface area contributed by atoms with Crippen LogP contribution in [0.1, 0.15) is 55.3 Å². The number of pyridine rings is 1. The van der Waals surface area contributed by atoms with Crippen LogP contribution in [-0.2, 0) is 6.42 Å². The highest BCUT2D eigenvalue weighted by atomic mass is 16.5. The number of ether oxygens (including phenoxy) is 1. The summed E-state index contributed by atoms with van der Waals surface area (Å²) in [4.78, 5) is 4.57. The molecule has 108 valence electrons. The smallest absolute Gasteiger partial charge is 0.128 e. The monoisotopic (exact) mass is 272 g/mol. The Morgan fingerprint density at radius 3 is 2.45 bits per heavy atom. The van der Waals surface area contributed by atoms with E-state index in [1.807, 2.05) is 13.1 Å². The highest BCUT2D eigenvalue weighted by molar-refractivity contribution is 5.41. The molecule has 1 aliphatic carbocycles. The molecule has 1 aromatic rings. The standard InChI is InChI=1S/C17H24N2O/c1-13-11-19-15(14(2)16(13)20-3)10-17(12-18)8-6-4-5-7-9-17/h11H,4-10H2,1-3H3. The Bertz CT molecular complexity index is 508. The van der Waals surface area contributed by atoms with Crippen LogP contribution in [0, 0.1) is 30.6 Å². The van der Waals surface area contributed by atoms with Crippen molar-refractivity contribution < 1.29 is 4.74 Å². The van der Waals surface area contributed by atoms with Crippen LogP contribution >= 0.6 is 0 Å². The number of nitrogens with zero attached hydrogens (tertiary/aromatic N) is 2. The summed E-state index contributed by atoms with van der Waals surface area (Å²) in [5.74, 6) is 0.914. The summed E-state index contributed by atoms with van der Waals surface area (Å²) in [5.41, 5.74) is 2.94. The summed E-state index contributed by atoms with van der Waals surface area (Å²) in [6, 6.07) is 2.60. The molecule has 1 aliphatic rings. The van der Waals surface area contributed by atoms with Crippen molar-refractivity contribution in [3.8, 4) is 11.8 Å². The van der Waals surface area contributed by atoms with E-state index in [9.17, 15) is 5.26 Å². The van der Waals surface area contributed by atoms with Crippen molar-refractivity contribution in [2.24, 2.45) is 5.41 Å². The molecular formula is C17H24N2O. The van der Waals surface area contributed by atoms with E-state index in [2.05, 4.69) is 18.0 Å². The molecule has 3 nitrogen and oxygen atoms in total. The zero-order chi connectivity index (χ0) is 14.6. The van der Waals surface area contributed by atoms with Gasteiger partial charge < -0.3 is 4.74 Å². The Morgan fingerprint density at radius 2 is 1.90 bits per heavy atom. The molecule has 0 aliphatic heterocycles. The Labute approximate surface area is 122 Å². The molecule has 0 unspecified atom stereocenters. The molecule has 2 rings (SSSR count). The van der Waals surface area contributed by atoms with E-state index < -0.39 is 0 Å². The van der Waals surface area contributed by atoms with Gasteiger partial charge in [-0.1, -0.05) is 25.7 Å². The third-order valence-corrected chi connectivity index (χ3v) is 4.55. The second-order valence-corrected chi connectivity index (χ2v) is 6.03. The highest BCUT2D eigenvalue weighted by Gasteiger charge is 2.32. The second-order valence-electron chi connectivity index (χ2n) is 6.03. The fourth-order valence-corrected chi connectivity index (χ4v) is 3.30. The molecule has 0 aromatic carbocycles. The second kappa shape index (κ2) is 6.26. The van der Waals surface area contributed by atoms with E-state index in [0.717, 1.165) is 54.7 Å². The summed E-state index contributed by atoms with van der Waals surface area (Å²) >= 11 is 0. The maximum absolute atomic E-state index is 9.69. The maximum atomic E-state index is 9.69. The minimum Gasteiger partial charge on any atom is -0.496 e. The molecule has 0 N–H and O–H groups in total. The van der Waals surface area contributed by atoms with Crippen molar-refractivity contribution in [2.45, 2.75) is 58.8 Å². The van der Waals surface area contributed by atoms with Crippen molar-refractivity contribution in [2.75, 3.05) is 7.11 Å². The van der Waals surface area contributed by atoms with E-state index >= 15 is 0 Å². The van der Waals surface area contributed by atoms with Gasteiger partial charge in [-0.25, -0.2) is 0 Å². The summed E-state index contributed by atoms with van der Waals surface area (Å²) in [5, 5.41) is 9.69. The van der Waals surface area contributed by atoms with Crippen LogP contribution in [0.3, 0.4) is 0 Å². The first kappa shape index (κ1) is 14.8. The van der Waals surface area contributed by atoms with Crippen molar-refractivity contribution in [1.82, 2.24) is 4.98 Å². The van der Waals surface area contributed by atoms with Crippen molar-refractivity contribution >= 4 is 0 Å². The molecule has 0 radical (unpaired) electrons. The lowest BCUT2D eigenvalue weighted by Gasteiger charge is -2.25. The largest absolute Gasteiger partial charge is 0.496 e. The van der Waals surface area contributed by atoms with E-state index in [1.165, 1.54) is 12.8 Å². The number of aryl methyl sites for hydroxylation is 1. The topological polar surface area (TPSA) is 45.9 Å². The van der Waals surface area contributed by atoms with E-state index in [4.69, 9.17) is 4.74 Å². The lowest BCUT2D eigenvalue weighted by Crippen LogP contribution is -2.22. The first-order chi connectivity index (χ1) is 9.62. The van der Waals surface area contributed by atoms with Crippen LogP contribution in [-0.4, -0.2) is 12.1 Å². The minimum absolute atomic E-state index is 0.228. The number of nitriles is 1. The molecule has 1 aromatic heterocycles. The van der Waals surface area contributed by atoms with Gasteiger partial charge in [-0.3, -0.25) is 4.98 Å². The van der Waals surface area contributed by atoms with Crippen LogP contribution in [0.5, 0.6) is 5.75 Å². The Morgan fingerprint density at radius 1 is 1.25 bits per heavy atom. The molecule has 20 heavy (non-hydrogen) atoms. The number of rotatable bonds is 3. The number of hydrogen-bond acceptors (Lipinski definition) is 3. The average Bonchev–Trinajstić information content (AvgIpc) is 2.69. The average molecular weight is 272 g/mol. The SMILES string of the molecule is COc1c(C)cnc(CC2(C#N)CCCCCC2)c1C. The normalized spacial score (nSPS) is 18.1. The predicted molar refractivity (Wildman–Crippen MR) is 79.7 cm³/mol. The lowest BCUT2D eigenvalue weighted by atomic mass is 9.77. The van der Waals surface area contributed by atoms with Gasteiger partial charge in [0.25, 0.3) is 0 Å². The van der Waals surface area contributed by atoms with Gasteiger partial charge in [0.2, 0.25) is 0 Å². The van der Waals surface area contributed by atoms with Gasteiger partial charge in [-0.15, -0.1) is 0 Å². The highest BCUT2D eigenvalue weighted by Crippen LogP contribution is 2.38. The molecule has 1 saturated carbocycles. The molecule has 1 heterocycles. The molecule has 0 amide bonds. The summed E-state index contributed by atoms with van der Waals surface area (Å²) in [6.45, 7) is 4.06. The van der Waals surface area contributed by atoms with Crippen molar-refractivity contribution in [1.29, 1.82) is 5.26 Å². The summed E-state index contributed by atoms with van der Waals surface area (Å²) in [7, 11) is 1.70. The molecule has 1 fully saturated rings. The molecule has 0 bridgehead atoms. The quantitative estimate of drug-likeness (QED) is 0.778. The number of methoxy groups -OCH3 is 1. The van der Waals surface area contributed by atoms with Gasteiger partial charge in [0, 0.05) is 29.4 Å². The van der Waals surface area contributed by atoms with Gasteiger partial charge in [0.15, 0.2) is 0 Å². The van der Waals surface area contributed by atoms with Crippen molar-refractivity contribution in [3.63, 3.8) is 0 Å². The first-order valence-electron chi connectivity index (χ1n) is 7.52. The molecule has 3 heteroatoms. The van der Waals surface area contributed by atoms with Gasteiger partial charge in [-0.2, -0.15) is 5.26 Å². The third kappa shape index (κ3) is 2.95. The van der Waals surface area contributed by atoms with Gasteiger partial charge in [0.1, 0.15) is 5.75 Å². The minimum atomic E-state index is -0.228.